The highest BCUT2D eigenvalue weighted by molar-refractivity contribution is 7.25. The Bertz CT molecular complexity index is 4030. The molecule has 1 saturated carbocycles. The maximum absolute atomic E-state index is 5.05. The molecule has 2 aliphatic rings. The van der Waals surface area contributed by atoms with Gasteiger partial charge < -0.3 is 4.57 Å². The van der Waals surface area contributed by atoms with E-state index in [1.807, 2.05) is 47.7 Å². The van der Waals surface area contributed by atoms with Crippen molar-refractivity contribution in [3.05, 3.63) is 212 Å². The molecule has 5 heterocycles. The van der Waals surface area contributed by atoms with Crippen LogP contribution >= 0.6 is 11.3 Å². The lowest BCUT2D eigenvalue weighted by atomic mass is 9.79. The number of hydrogen-bond donors (Lipinski definition) is 0. The summed E-state index contributed by atoms with van der Waals surface area (Å²) in [5.74, 6) is 1.97. The van der Waals surface area contributed by atoms with Crippen molar-refractivity contribution >= 4 is 64.2 Å². The summed E-state index contributed by atoms with van der Waals surface area (Å²) >= 11 is 1.82. The third-order valence-corrected chi connectivity index (χ3v) is 16.5. The van der Waals surface area contributed by atoms with E-state index in [2.05, 4.69) is 181 Å². The maximum atomic E-state index is 5.05. The Kier molecular flexibility index (Phi) is 8.33. The third-order valence-electron chi connectivity index (χ3n) is 15.4. The molecule has 2 unspecified atom stereocenters. The second-order valence-electron chi connectivity index (χ2n) is 18.4. The van der Waals surface area contributed by atoms with Gasteiger partial charge in [0.25, 0.3) is 0 Å². The van der Waals surface area contributed by atoms with Crippen LogP contribution in [0.15, 0.2) is 206 Å². The number of para-hydroxylation sites is 2. The Morgan fingerprint density at radius 1 is 0.500 bits per heavy atom. The molecule has 0 N–H and O–H groups in total. The molecule has 5 nitrogen and oxygen atoms in total. The van der Waals surface area contributed by atoms with E-state index in [1.54, 1.807) is 0 Å². The molecule has 68 heavy (non-hydrogen) atoms. The van der Waals surface area contributed by atoms with Gasteiger partial charge in [-0.3, -0.25) is 0 Å². The van der Waals surface area contributed by atoms with Gasteiger partial charge in [-0.1, -0.05) is 130 Å². The SMILES string of the molecule is C=C1C2(CC)c3ccc(-n4c5ccccc5c5cc(-c6ccc7sc8ccc(-c9nc(-c%10ccccc%10)nc(-c%10ccccc%10)n9)cc8c7c6)ccc54)cc3-c3ccc4ccccc4[n+]3C12CC. The van der Waals surface area contributed by atoms with Crippen molar-refractivity contribution in [3.8, 4) is 62.2 Å². The maximum Gasteiger partial charge on any atom is 0.214 e. The zero-order valence-electron chi connectivity index (χ0n) is 37.7. The van der Waals surface area contributed by atoms with Gasteiger partial charge in [-0.25, -0.2) is 15.0 Å². The van der Waals surface area contributed by atoms with Crippen LogP contribution in [0.5, 0.6) is 0 Å². The van der Waals surface area contributed by atoms with Crippen LogP contribution in [0.4, 0.5) is 0 Å². The van der Waals surface area contributed by atoms with Crippen LogP contribution in [0.2, 0.25) is 0 Å². The van der Waals surface area contributed by atoms with Gasteiger partial charge in [-0.15, -0.1) is 11.3 Å². The summed E-state index contributed by atoms with van der Waals surface area (Å²) < 4.78 is 7.59. The first kappa shape index (κ1) is 39.1. The summed E-state index contributed by atoms with van der Waals surface area (Å²) in [7, 11) is 0. The summed E-state index contributed by atoms with van der Waals surface area (Å²) in [6.07, 6.45) is 2.02. The Morgan fingerprint density at radius 2 is 1.09 bits per heavy atom. The molecular weight excluding hydrogens is 847 g/mol. The number of aromatic nitrogens is 5. The van der Waals surface area contributed by atoms with E-state index in [1.165, 1.54) is 86.4 Å². The van der Waals surface area contributed by atoms with E-state index >= 15 is 0 Å². The number of benzene rings is 8. The van der Waals surface area contributed by atoms with Gasteiger partial charge in [0.15, 0.2) is 17.5 Å². The molecule has 6 heteroatoms. The van der Waals surface area contributed by atoms with Crippen LogP contribution in [0.25, 0.3) is 115 Å². The number of fused-ring (bicyclic) bond motifs is 14. The standard InChI is InChI=1S/C62H44N5S/c1-4-61-38(3)62(61,5-2)67-52-22-14-12-16-39(52)24-31-55(67)50-37-45(28-29-51(50)61)66-53-23-15-13-21-46(53)47-34-42(25-30-54(47)66)43-26-32-56-48(35-43)49-36-44(27-33-57(49)68-56)60-64-58(40-17-8-6-9-18-40)63-59(65-60)41-19-10-7-11-20-41/h6-37H,3-5H2,1-2H3/q+1. The van der Waals surface area contributed by atoms with Crippen LogP contribution in [0, 0.1) is 0 Å². The van der Waals surface area contributed by atoms with Crippen LogP contribution in [0.3, 0.4) is 0 Å². The minimum absolute atomic E-state index is 0.103. The first-order valence-electron chi connectivity index (χ1n) is 23.7. The fraction of sp³-hybridized carbons (Fsp3) is 0.0968. The van der Waals surface area contributed by atoms with E-state index in [-0.39, 0.29) is 11.0 Å². The first-order chi connectivity index (χ1) is 33.5. The van der Waals surface area contributed by atoms with E-state index < -0.39 is 0 Å². The number of nitrogens with zero attached hydrogens (tertiary/aromatic N) is 5. The summed E-state index contributed by atoms with van der Waals surface area (Å²) in [5, 5.41) is 6.15. The molecule has 322 valence electrons. The van der Waals surface area contributed by atoms with E-state index in [0.29, 0.717) is 17.5 Å². The van der Waals surface area contributed by atoms with Crippen molar-refractivity contribution in [2.75, 3.05) is 0 Å². The summed E-state index contributed by atoms with van der Waals surface area (Å²) in [6.45, 7) is 9.51. The lowest BCUT2D eigenvalue weighted by Crippen LogP contribution is -2.55. The molecule has 4 aromatic heterocycles. The monoisotopic (exact) mass is 890 g/mol. The fourth-order valence-electron chi connectivity index (χ4n) is 12.2. The van der Waals surface area contributed by atoms with E-state index in [9.17, 15) is 0 Å². The topological polar surface area (TPSA) is 47.5 Å². The number of thiophene rings is 1. The molecule has 0 saturated heterocycles. The molecule has 2 atom stereocenters. The quantitative estimate of drug-likeness (QED) is 0.118. The second-order valence-corrected chi connectivity index (χ2v) is 19.5. The zero-order chi connectivity index (χ0) is 45.3. The molecule has 8 aromatic carbocycles. The van der Waals surface area contributed by atoms with Gasteiger partial charge in [0, 0.05) is 82.8 Å². The number of rotatable bonds is 7. The van der Waals surface area contributed by atoms with Gasteiger partial charge in [-0.05, 0) is 95.9 Å². The lowest BCUT2D eigenvalue weighted by Gasteiger charge is -2.29. The largest absolute Gasteiger partial charge is 0.309 e. The average molecular weight is 891 g/mol. The minimum Gasteiger partial charge on any atom is -0.309 e. The summed E-state index contributed by atoms with van der Waals surface area (Å²) in [4.78, 5) is 15.0. The molecule has 0 spiro atoms. The summed E-state index contributed by atoms with van der Waals surface area (Å²) in [5.41, 5.74) is 15.1. The van der Waals surface area contributed by atoms with Crippen molar-refractivity contribution in [2.24, 2.45) is 0 Å². The molecule has 14 rings (SSSR count). The predicted octanol–water partition coefficient (Wildman–Crippen LogP) is 15.4. The molecule has 12 aromatic rings. The highest BCUT2D eigenvalue weighted by Gasteiger charge is 2.80. The molecule has 0 bridgehead atoms. The number of allylic oxidation sites excluding steroid dienone is 1. The highest BCUT2D eigenvalue weighted by Crippen LogP contribution is 2.71. The normalized spacial score (nSPS) is 17.2. The number of hydrogen-bond acceptors (Lipinski definition) is 4. The van der Waals surface area contributed by atoms with Gasteiger partial charge in [0.05, 0.1) is 22.0 Å². The zero-order valence-corrected chi connectivity index (χ0v) is 38.6. The van der Waals surface area contributed by atoms with Crippen LogP contribution < -0.4 is 4.57 Å². The van der Waals surface area contributed by atoms with E-state index in [0.717, 1.165) is 35.2 Å². The first-order valence-corrected chi connectivity index (χ1v) is 24.5. The van der Waals surface area contributed by atoms with Crippen molar-refractivity contribution in [3.63, 3.8) is 0 Å². The van der Waals surface area contributed by atoms with Crippen molar-refractivity contribution in [1.82, 2.24) is 19.5 Å². The summed E-state index contributed by atoms with van der Waals surface area (Å²) in [6, 6.07) is 70.4. The molecule has 1 fully saturated rings. The predicted molar refractivity (Wildman–Crippen MR) is 281 cm³/mol. The van der Waals surface area contributed by atoms with Crippen LogP contribution in [0.1, 0.15) is 32.3 Å². The number of pyridine rings is 1. The molecule has 1 aliphatic carbocycles. The molecular formula is C62H44N5S+. The van der Waals surface area contributed by atoms with Crippen molar-refractivity contribution in [2.45, 2.75) is 37.6 Å². The fourth-order valence-corrected chi connectivity index (χ4v) is 13.3. The van der Waals surface area contributed by atoms with Crippen molar-refractivity contribution < 1.29 is 4.57 Å². The Labute approximate surface area is 398 Å². The van der Waals surface area contributed by atoms with Gasteiger partial charge in [-0.2, -0.15) is 4.57 Å². The molecule has 0 radical (unpaired) electrons. The van der Waals surface area contributed by atoms with Crippen molar-refractivity contribution in [1.29, 1.82) is 0 Å². The highest BCUT2D eigenvalue weighted by atomic mass is 32.1. The van der Waals surface area contributed by atoms with Gasteiger partial charge >= 0.3 is 0 Å². The second kappa shape index (κ2) is 14.5. The minimum atomic E-state index is -0.135. The molecule has 0 amide bonds. The average Bonchev–Trinajstić information content (AvgIpc) is 3.59. The Morgan fingerprint density at radius 3 is 1.79 bits per heavy atom. The van der Waals surface area contributed by atoms with Crippen LogP contribution in [-0.2, 0) is 11.0 Å². The van der Waals surface area contributed by atoms with Crippen LogP contribution in [-0.4, -0.2) is 19.5 Å². The lowest BCUT2D eigenvalue weighted by molar-refractivity contribution is -0.707. The Balaban J connectivity index is 0.894. The van der Waals surface area contributed by atoms with Gasteiger partial charge in [0.2, 0.25) is 16.7 Å². The third kappa shape index (κ3) is 5.32. The molecule has 1 aliphatic heterocycles. The Hall–Kier alpha value is -8.06. The van der Waals surface area contributed by atoms with Gasteiger partial charge in [0.1, 0.15) is 0 Å². The smallest absolute Gasteiger partial charge is 0.214 e. The van der Waals surface area contributed by atoms with E-state index in [4.69, 9.17) is 21.5 Å².